The number of aryl methyl sites for hydroxylation is 2. The van der Waals surface area contributed by atoms with Crippen molar-refractivity contribution in [1.82, 2.24) is 9.78 Å². The molecule has 2 rings (SSSR count). The molecule has 0 bridgehead atoms. The number of aldehydes is 1. The van der Waals surface area contributed by atoms with E-state index in [0.717, 1.165) is 28.7 Å². The molecule has 2 aromatic rings. The Morgan fingerprint density at radius 1 is 1.29 bits per heavy atom. The Hall–Kier alpha value is -2.30. The molecule has 5 nitrogen and oxygen atoms in total. The van der Waals surface area contributed by atoms with Gasteiger partial charge in [-0.1, -0.05) is 0 Å². The number of nitrogen functional groups attached to an aromatic ring is 1. The lowest BCUT2D eigenvalue weighted by atomic mass is 9.99. The Bertz CT molecular complexity index is 687. The number of aromatic nitrogens is 2. The molecular weight excluding hydrogens is 266 g/mol. The number of anilines is 1. The van der Waals surface area contributed by atoms with Crippen LogP contribution in [0.3, 0.4) is 0 Å². The van der Waals surface area contributed by atoms with E-state index >= 15 is 0 Å². The predicted molar refractivity (Wildman–Crippen MR) is 83.9 cm³/mol. The highest BCUT2D eigenvalue weighted by Gasteiger charge is 2.20. The van der Waals surface area contributed by atoms with Gasteiger partial charge in [-0.15, -0.1) is 0 Å². The van der Waals surface area contributed by atoms with Crippen LogP contribution in [-0.2, 0) is 0 Å². The summed E-state index contributed by atoms with van der Waals surface area (Å²) in [7, 11) is 1.64. The van der Waals surface area contributed by atoms with Gasteiger partial charge in [0.1, 0.15) is 17.3 Å². The summed E-state index contributed by atoms with van der Waals surface area (Å²) in [6.07, 6.45) is 0.773. The van der Waals surface area contributed by atoms with Crippen LogP contribution in [0.1, 0.15) is 41.4 Å². The fraction of sp³-hybridized carbons (Fsp3) is 0.375. The average molecular weight is 287 g/mol. The summed E-state index contributed by atoms with van der Waals surface area (Å²) >= 11 is 0. The molecule has 112 valence electrons. The highest BCUT2D eigenvalue weighted by Crippen LogP contribution is 2.33. The lowest BCUT2D eigenvalue weighted by Crippen LogP contribution is -2.07. The molecule has 0 radical (unpaired) electrons. The van der Waals surface area contributed by atoms with E-state index in [9.17, 15) is 4.79 Å². The molecule has 1 aromatic heterocycles. The van der Waals surface area contributed by atoms with E-state index in [4.69, 9.17) is 10.5 Å². The fourth-order valence-electron chi connectivity index (χ4n) is 2.43. The van der Waals surface area contributed by atoms with Crippen molar-refractivity contribution in [2.75, 3.05) is 12.8 Å². The number of carbonyl (C=O) groups is 1. The summed E-state index contributed by atoms with van der Waals surface area (Å²) < 4.78 is 7.00. The van der Waals surface area contributed by atoms with Gasteiger partial charge in [-0.2, -0.15) is 5.10 Å². The molecule has 0 saturated carbocycles. The van der Waals surface area contributed by atoms with E-state index in [2.05, 4.69) is 5.10 Å². The predicted octanol–water partition coefficient (Wildman–Crippen LogP) is 3.15. The normalized spacial score (nSPS) is 11.0. The van der Waals surface area contributed by atoms with Gasteiger partial charge in [0.15, 0.2) is 6.29 Å². The minimum Gasteiger partial charge on any atom is -0.496 e. The van der Waals surface area contributed by atoms with E-state index in [0.29, 0.717) is 17.1 Å². The van der Waals surface area contributed by atoms with Gasteiger partial charge in [0, 0.05) is 11.6 Å². The maximum atomic E-state index is 11.4. The van der Waals surface area contributed by atoms with Gasteiger partial charge < -0.3 is 10.5 Å². The molecule has 21 heavy (non-hydrogen) atoms. The minimum absolute atomic E-state index is 0.0945. The number of carbonyl (C=O) groups excluding carboxylic acids is 1. The second-order valence-corrected chi connectivity index (χ2v) is 5.44. The fourth-order valence-corrected chi connectivity index (χ4v) is 2.43. The van der Waals surface area contributed by atoms with Gasteiger partial charge in [0.25, 0.3) is 0 Å². The summed E-state index contributed by atoms with van der Waals surface area (Å²) in [6, 6.07) is 4.02. The Kier molecular flexibility index (Phi) is 4.02. The Balaban J connectivity index is 2.70. The molecule has 1 heterocycles. The lowest BCUT2D eigenvalue weighted by Gasteiger charge is -2.10. The molecule has 0 aliphatic carbocycles. The van der Waals surface area contributed by atoms with E-state index in [-0.39, 0.29) is 6.04 Å². The molecule has 0 spiro atoms. The highest BCUT2D eigenvalue weighted by molar-refractivity contribution is 5.92. The summed E-state index contributed by atoms with van der Waals surface area (Å²) in [6.45, 7) is 7.89. The second-order valence-electron chi connectivity index (χ2n) is 5.44. The third kappa shape index (κ3) is 2.51. The molecule has 0 aliphatic heterocycles. The van der Waals surface area contributed by atoms with Crippen molar-refractivity contribution in [2.24, 2.45) is 0 Å². The van der Waals surface area contributed by atoms with Crippen molar-refractivity contribution >= 4 is 12.1 Å². The molecule has 0 aliphatic rings. The van der Waals surface area contributed by atoms with Crippen molar-refractivity contribution in [3.05, 3.63) is 28.8 Å². The number of ether oxygens (including phenoxy) is 1. The number of hydrogen-bond donors (Lipinski definition) is 1. The maximum Gasteiger partial charge on any atom is 0.156 e. The van der Waals surface area contributed by atoms with Crippen molar-refractivity contribution < 1.29 is 9.53 Å². The zero-order chi connectivity index (χ0) is 15.7. The Morgan fingerprint density at radius 2 is 1.95 bits per heavy atom. The van der Waals surface area contributed by atoms with Gasteiger partial charge >= 0.3 is 0 Å². The van der Waals surface area contributed by atoms with Crippen LogP contribution in [0.2, 0.25) is 0 Å². The topological polar surface area (TPSA) is 70.1 Å². The molecule has 0 unspecified atom stereocenters. The molecule has 1 aromatic carbocycles. The Labute approximate surface area is 124 Å². The number of nitrogens with two attached hydrogens (primary N) is 1. The van der Waals surface area contributed by atoms with E-state index in [1.807, 2.05) is 39.8 Å². The van der Waals surface area contributed by atoms with Crippen LogP contribution in [-0.4, -0.2) is 23.2 Å². The number of methoxy groups -OCH3 is 1. The van der Waals surface area contributed by atoms with E-state index in [1.54, 1.807) is 11.8 Å². The summed E-state index contributed by atoms with van der Waals surface area (Å²) in [4.78, 5) is 11.4. The van der Waals surface area contributed by atoms with Crippen LogP contribution in [0.15, 0.2) is 12.1 Å². The van der Waals surface area contributed by atoms with Crippen LogP contribution in [0.25, 0.3) is 11.3 Å². The van der Waals surface area contributed by atoms with Gasteiger partial charge in [-0.25, -0.2) is 4.68 Å². The minimum atomic E-state index is 0.0945. The third-order valence-corrected chi connectivity index (χ3v) is 3.59. The van der Waals surface area contributed by atoms with Gasteiger partial charge in [-0.05, 0) is 51.0 Å². The summed E-state index contributed by atoms with van der Waals surface area (Å²) in [5, 5.41) is 4.53. The van der Waals surface area contributed by atoms with E-state index < -0.39 is 0 Å². The van der Waals surface area contributed by atoms with Crippen LogP contribution in [0.4, 0.5) is 5.82 Å². The summed E-state index contributed by atoms with van der Waals surface area (Å²) in [5.74, 6) is 1.23. The Morgan fingerprint density at radius 3 is 2.48 bits per heavy atom. The zero-order valence-electron chi connectivity index (χ0n) is 13.1. The number of nitrogens with zero attached hydrogens (tertiary/aromatic N) is 2. The molecule has 0 atom stereocenters. The van der Waals surface area contributed by atoms with Gasteiger partial charge in [0.05, 0.1) is 12.7 Å². The van der Waals surface area contributed by atoms with Crippen molar-refractivity contribution in [3.63, 3.8) is 0 Å². The molecule has 2 N–H and O–H groups in total. The molecule has 5 heteroatoms. The second kappa shape index (κ2) is 5.60. The largest absolute Gasteiger partial charge is 0.496 e. The molecule has 0 amide bonds. The summed E-state index contributed by atoms with van der Waals surface area (Å²) in [5.41, 5.74) is 10.00. The average Bonchev–Trinajstić information content (AvgIpc) is 2.77. The van der Waals surface area contributed by atoms with Crippen LogP contribution in [0, 0.1) is 13.8 Å². The van der Waals surface area contributed by atoms with Crippen molar-refractivity contribution in [2.45, 2.75) is 33.7 Å². The van der Waals surface area contributed by atoms with Crippen LogP contribution < -0.4 is 10.5 Å². The number of benzene rings is 1. The van der Waals surface area contributed by atoms with Crippen molar-refractivity contribution in [3.8, 4) is 17.0 Å². The smallest absolute Gasteiger partial charge is 0.156 e. The van der Waals surface area contributed by atoms with Crippen molar-refractivity contribution in [1.29, 1.82) is 0 Å². The number of hydrogen-bond acceptors (Lipinski definition) is 4. The maximum absolute atomic E-state index is 11.4. The SMILES string of the molecule is COc1cc(C)c(-c2nn(C(C)C)c(N)c2C=O)cc1C. The third-order valence-electron chi connectivity index (χ3n) is 3.59. The first kappa shape index (κ1) is 15.1. The standard InChI is InChI=1S/C16H21N3O2/c1-9(2)19-16(17)13(8-20)15(18-19)12-6-11(4)14(21-5)7-10(12)3/h6-9H,17H2,1-5H3. The van der Waals surface area contributed by atoms with Gasteiger partial charge in [-0.3, -0.25) is 4.79 Å². The molecule has 0 fully saturated rings. The number of rotatable bonds is 4. The lowest BCUT2D eigenvalue weighted by molar-refractivity contribution is 0.112. The molecule has 0 saturated heterocycles. The van der Waals surface area contributed by atoms with E-state index in [1.165, 1.54) is 0 Å². The van der Waals surface area contributed by atoms with Crippen LogP contribution in [0.5, 0.6) is 5.75 Å². The van der Waals surface area contributed by atoms with Gasteiger partial charge in [0.2, 0.25) is 0 Å². The first-order valence-electron chi connectivity index (χ1n) is 6.89. The quantitative estimate of drug-likeness (QED) is 0.877. The monoisotopic (exact) mass is 287 g/mol. The first-order chi connectivity index (χ1) is 9.90. The molecular formula is C16H21N3O2. The van der Waals surface area contributed by atoms with Crippen LogP contribution >= 0.6 is 0 Å². The highest BCUT2D eigenvalue weighted by atomic mass is 16.5. The zero-order valence-corrected chi connectivity index (χ0v) is 13.1. The first-order valence-corrected chi connectivity index (χ1v) is 6.89.